The van der Waals surface area contributed by atoms with E-state index in [4.69, 9.17) is 0 Å². The van der Waals surface area contributed by atoms with E-state index >= 15 is 0 Å². The Morgan fingerprint density at radius 1 is 1.20 bits per heavy atom. The van der Waals surface area contributed by atoms with Gasteiger partial charge < -0.3 is 5.32 Å². The highest BCUT2D eigenvalue weighted by Gasteiger charge is 2.36. The third-order valence-electron chi connectivity index (χ3n) is 4.29. The quantitative estimate of drug-likeness (QED) is 0.852. The van der Waals surface area contributed by atoms with E-state index in [-0.39, 0.29) is 0 Å². The fourth-order valence-corrected chi connectivity index (χ4v) is 3.50. The van der Waals surface area contributed by atoms with Crippen LogP contribution >= 0.6 is 0 Å². The molecule has 0 saturated carbocycles. The molecule has 0 amide bonds. The molecule has 0 spiro atoms. The van der Waals surface area contributed by atoms with E-state index in [9.17, 15) is 0 Å². The van der Waals surface area contributed by atoms with Crippen LogP contribution in [0.25, 0.3) is 0 Å². The van der Waals surface area contributed by atoms with Crippen LogP contribution in [0.5, 0.6) is 0 Å². The number of fused-ring (bicyclic) bond motifs is 1. The lowest BCUT2D eigenvalue weighted by Crippen LogP contribution is -2.48. The molecule has 2 atom stereocenters. The third-order valence-corrected chi connectivity index (χ3v) is 4.29. The summed E-state index contributed by atoms with van der Waals surface area (Å²) in [5, 5.41) is 3.72. The van der Waals surface area contributed by atoms with Crippen molar-refractivity contribution in [1.29, 1.82) is 0 Å². The molecule has 1 aliphatic carbocycles. The number of nitrogens with zero attached hydrogens (tertiary/aromatic N) is 1. The zero-order valence-electron chi connectivity index (χ0n) is 13.7. The van der Waals surface area contributed by atoms with Crippen molar-refractivity contribution < 1.29 is 0 Å². The highest BCUT2D eigenvalue weighted by atomic mass is 15.2. The number of likely N-dealkylation sites (N-methyl/N-ethyl adjacent to an activating group) is 1. The van der Waals surface area contributed by atoms with Crippen LogP contribution in [0.15, 0.2) is 24.3 Å². The fraction of sp³-hybridized carbons (Fsp3) is 0.667. The molecule has 20 heavy (non-hydrogen) atoms. The Morgan fingerprint density at radius 2 is 1.90 bits per heavy atom. The van der Waals surface area contributed by atoms with Gasteiger partial charge in [-0.15, -0.1) is 0 Å². The molecule has 1 aromatic carbocycles. The van der Waals surface area contributed by atoms with Gasteiger partial charge in [-0.2, -0.15) is 0 Å². The number of hydrogen-bond donors (Lipinski definition) is 1. The lowest BCUT2D eigenvalue weighted by atomic mass is 10.0. The lowest BCUT2D eigenvalue weighted by Gasteiger charge is -2.37. The van der Waals surface area contributed by atoms with Gasteiger partial charge in [-0.25, -0.2) is 0 Å². The molecule has 0 radical (unpaired) electrons. The van der Waals surface area contributed by atoms with Crippen LogP contribution in [0.2, 0.25) is 0 Å². The van der Waals surface area contributed by atoms with Gasteiger partial charge in [-0.05, 0) is 43.9 Å². The molecule has 2 unspecified atom stereocenters. The van der Waals surface area contributed by atoms with Crippen molar-refractivity contribution in [1.82, 2.24) is 10.2 Å². The molecule has 0 aliphatic heterocycles. The highest BCUT2D eigenvalue weighted by molar-refractivity contribution is 5.37. The van der Waals surface area contributed by atoms with Crippen molar-refractivity contribution in [3.8, 4) is 0 Å². The molecule has 0 aromatic heterocycles. The zero-order chi connectivity index (χ0) is 14.7. The SMILES string of the molecule is CCNC1c2ccccc2CC1N(CC(C)C)C(C)C. The number of rotatable bonds is 6. The largest absolute Gasteiger partial charge is 0.309 e. The average molecular weight is 274 g/mol. The van der Waals surface area contributed by atoms with Gasteiger partial charge in [0.05, 0.1) is 0 Å². The first-order chi connectivity index (χ1) is 9.54. The van der Waals surface area contributed by atoms with Gasteiger partial charge in [-0.3, -0.25) is 4.90 Å². The van der Waals surface area contributed by atoms with Crippen molar-refractivity contribution in [2.45, 2.75) is 59.2 Å². The van der Waals surface area contributed by atoms with Gasteiger partial charge in [0.25, 0.3) is 0 Å². The lowest BCUT2D eigenvalue weighted by molar-refractivity contribution is 0.113. The molecule has 2 rings (SSSR count). The summed E-state index contributed by atoms with van der Waals surface area (Å²) in [6.45, 7) is 13.7. The van der Waals surface area contributed by atoms with E-state index in [2.05, 4.69) is 69.1 Å². The Labute approximate surface area is 124 Å². The van der Waals surface area contributed by atoms with Crippen molar-refractivity contribution in [2.24, 2.45) is 5.92 Å². The predicted octanol–water partition coefficient (Wildman–Crippen LogP) is 3.63. The van der Waals surface area contributed by atoms with E-state index in [1.165, 1.54) is 24.1 Å². The van der Waals surface area contributed by atoms with Gasteiger partial charge >= 0.3 is 0 Å². The number of benzene rings is 1. The van der Waals surface area contributed by atoms with Crippen LogP contribution in [0.1, 0.15) is 51.8 Å². The maximum absolute atomic E-state index is 3.72. The third kappa shape index (κ3) is 3.24. The first-order valence-electron chi connectivity index (χ1n) is 8.11. The molecule has 1 N–H and O–H groups in total. The maximum Gasteiger partial charge on any atom is 0.0484 e. The van der Waals surface area contributed by atoms with E-state index < -0.39 is 0 Å². The first-order valence-corrected chi connectivity index (χ1v) is 8.11. The molecule has 0 fully saturated rings. The molecular formula is C18H30N2. The summed E-state index contributed by atoms with van der Waals surface area (Å²) in [4.78, 5) is 2.69. The van der Waals surface area contributed by atoms with E-state index in [1.807, 2.05) is 0 Å². The topological polar surface area (TPSA) is 15.3 Å². The summed E-state index contributed by atoms with van der Waals surface area (Å²) in [5.41, 5.74) is 3.03. The molecule has 2 nitrogen and oxygen atoms in total. The normalized spacial score (nSPS) is 22.0. The summed E-state index contributed by atoms with van der Waals surface area (Å²) < 4.78 is 0. The summed E-state index contributed by atoms with van der Waals surface area (Å²) >= 11 is 0. The molecule has 112 valence electrons. The minimum absolute atomic E-state index is 0.484. The molecule has 0 heterocycles. The predicted molar refractivity (Wildman–Crippen MR) is 87.0 cm³/mol. The van der Waals surface area contributed by atoms with Crippen LogP contribution in [0, 0.1) is 5.92 Å². The van der Waals surface area contributed by atoms with E-state index in [0.717, 1.165) is 6.54 Å². The Bertz CT molecular complexity index is 425. The Hall–Kier alpha value is -0.860. The first kappa shape index (κ1) is 15.5. The van der Waals surface area contributed by atoms with Gasteiger partial charge in [0.15, 0.2) is 0 Å². The summed E-state index contributed by atoms with van der Waals surface area (Å²) in [5.74, 6) is 0.711. The molecule has 2 heteroatoms. The van der Waals surface area contributed by atoms with Crippen molar-refractivity contribution in [3.05, 3.63) is 35.4 Å². The molecular weight excluding hydrogens is 244 g/mol. The van der Waals surface area contributed by atoms with Gasteiger partial charge in [0, 0.05) is 24.7 Å². The Morgan fingerprint density at radius 3 is 2.50 bits per heavy atom. The van der Waals surface area contributed by atoms with Crippen molar-refractivity contribution >= 4 is 0 Å². The minimum Gasteiger partial charge on any atom is -0.309 e. The minimum atomic E-state index is 0.484. The van der Waals surface area contributed by atoms with Gasteiger partial charge in [0.2, 0.25) is 0 Å². The number of nitrogens with one attached hydrogen (secondary N) is 1. The average Bonchev–Trinajstić information content (AvgIpc) is 2.75. The molecule has 0 bridgehead atoms. The highest BCUT2D eigenvalue weighted by Crippen LogP contribution is 2.35. The Kier molecular flexibility index (Phi) is 5.22. The fourth-order valence-electron chi connectivity index (χ4n) is 3.50. The van der Waals surface area contributed by atoms with Crippen LogP contribution in [0.4, 0.5) is 0 Å². The second kappa shape index (κ2) is 6.73. The smallest absolute Gasteiger partial charge is 0.0484 e. The maximum atomic E-state index is 3.72. The van der Waals surface area contributed by atoms with Crippen LogP contribution in [-0.2, 0) is 6.42 Å². The van der Waals surface area contributed by atoms with E-state index in [1.54, 1.807) is 0 Å². The van der Waals surface area contributed by atoms with Crippen LogP contribution in [0.3, 0.4) is 0 Å². The number of hydrogen-bond acceptors (Lipinski definition) is 2. The second-order valence-electron chi connectivity index (χ2n) is 6.69. The summed E-state index contributed by atoms with van der Waals surface area (Å²) in [6, 6.07) is 10.6. The molecule has 1 aliphatic rings. The molecule has 0 saturated heterocycles. The summed E-state index contributed by atoms with van der Waals surface area (Å²) in [7, 11) is 0. The second-order valence-corrected chi connectivity index (χ2v) is 6.69. The van der Waals surface area contributed by atoms with Gasteiger partial charge in [-0.1, -0.05) is 45.0 Å². The monoisotopic (exact) mass is 274 g/mol. The summed E-state index contributed by atoms with van der Waals surface area (Å²) in [6.07, 6.45) is 1.18. The van der Waals surface area contributed by atoms with E-state index in [0.29, 0.717) is 24.0 Å². The van der Waals surface area contributed by atoms with Crippen molar-refractivity contribution in [2.75, 3.05) is 13.1 Å². The van der Waals surface area contributed by atoms with Crippen LogP contribution < -0.4 is 5.32 Å². The molecule has 1 aromatic rings. The Balaban J connectivity index is 2.26. The van der Waals surface area contributed by atoms with Crippen LogP contribution in [-0.4, -0.2) is 30.1 Å². The van der Waals surface area contributed by atoms with Gasteiger partial charge in [0.1, 0.15) is 0 Å². The zero-order valence-corrected chi connectivity index (χ0v) is 13.7. The van der Waals surface area contributed by atoms with Crippen molar-refractivity contribution in [3.63, 3.8) is 0 Å². The standard InChI is InChI=1S/C18H30N2/c1-6-19-18-16-10-8-7-9-15(16)11-17(18)20(14(4)5)12-13(2)3/h7-10,13-14,17-19H,6,11-12H2,1-5H3.